The Morgan fingerprint density at radius 2 is 2.00 bits per heavy atom. The molecule has 1 aliphatic rings. The highest BCUT2D eigenvalue weighted by atomic mass is 79.9. The molecule has 0 bridgehead atoms. The maximum absolute atomic E-state index is 14.0. The van der Waals surface area contributed by atoms with Gasteiger partial charge >= 0.3 is 5.97 Å². The van der Waals surface area contributed by atoms with Crippen LogP contribution in [0.3, 0.4) is 0 Å². The van der Waals surface area contributed by atoms with Crippen molar-refractivity contribution in [3.05, 3.63) is 28.0 Å². The molecule has 3 N–H and O–H groups in total. The third-order valence-electron chi connectivity index (χ3n) is 3.71. The molecule has 0 radical (unpaired) electrons. The summed E-state index contributed by atoms with van der Waals surface area (Å²) in [4.78, 5) is 10.9. The van der Waals surface area contributed by atoms with Crippen LogP contribution >= 0.6 is 15.9 Å². The fraction of sp³-hybridized carbons (Fsp3) is 0.500. The van der Waals surface area contributed by atoms with Gasteiger partial charge in [0.25, 0.3) is 0 Å². The summed E-state index contributed by atoms with van der Waals surface area (Å²) in [5, 5.41) is 21.4. The van der Waals surface area contributed by atoms with Crippen LogP contribution < -0.4 is 5.32 Å². The molecule has 0 aromatic heterocycles. The van der Waals surface area contributed by atoms with Gasteiger partial charge in [-0.05, 0) is 59.7 Å². The van der Waals surface area contributed by atoms with Gasteiger partial charge in [-0.25, -0.2) is 9.18 Å². The van der Waals surface area contributed by atoms with Gasteiger partial charge in [0.05, 0.1) is 21.8 Å². The summed E-state index contributed by atoms with van der Waals surface area (Å²) in [5.41, 5.74) is 0.210. The van der Waals surface area contributed by atoms with E-state index in [1.807, 2.05) is 0 Å². The van der Waals surface area contributed by atoms with Crippen molar-refractivity contribution in [2.24, 2.45) is 5.92 Å². The molecular formula is C14H17BrFNO3. The minimum Gasteiger partial charge on any atom is -0.478 e. The van der Waals surface area contributed by atoms with Crippen LogP contribution in [0.2, 0.25) is 0 Å². The summed E-state index contributed by atoms with van der Waals surface area (Å²) in [6.07, 6.45) is 3.22. The van der Waals surface area contributed by atoms with Crippen molar-refractivity contribution < 1.29 is 19.4 Å². The van der Waals surface area contributed by atoms with Gasteiger partial charge in [0.1, 0.15) is 0 Å². The number of aliphatic hydroxyl groups is 1. The van der Waals surface area contributed by atoms with E-state index in [0.717, 1.165) is 25.7 Å². The van der Waals surface area contributed by atoms with Gasteiger partial charge in [0, 0.05) is 6.54 Å². The highest BCUT2D eigenvalue weighted by molar-refractivity contribution is 9.10. The molecular weight excluding hydrogens is 329 g/mol. The number of aliphatic hydroxyl groups excluding tert-OH is 1. The first kappa shape index (κ1) is 15.3. The van der Waals surface area contributed by atoms with Crippen molar-refractivity contribution >= 4 is 27.6 Å². The summed E-state index contributed by atoms with van der Waals surface area (Å²) >= 11 is 2.98. The number of carbonyl (C=O) groups is 1. The first-order valence-corrected chi connectivity index (χ1v) is 7.41. The first-order chi connectivity index (χ1) is 9.49. The van der Waals surface area contributed by atoms with Crippen LogP contribution in [0.5, 0.6) is 0 Å². The SMILES string of the molecule is O=C(O)c1ccc(NCC2CCC(O)CC2)c(F)c1Br. The molecule has 1 aliphatic carbocycles. The number of rotatable bonds is 4. The smallest absolute Gasteiger partial charge is 0.336 e. The summed E-state index contributed by atoms with van der Waals surface area (Å²) in [6, 6.07) is 2.82. The van der Waals surface area contributed by atoms with E-state index in [0.29, 0.717) is 18.2 Å². The average Bonchev–Trinajstić information content (AvgIpc) is 2.42. The van der Waals surface area contributed by atoms with Crippen molar-refractivity contribution in [3.8, 4) is 0 Å². The van der Waals surface area contributed by atoms with Gasteiger partial charge < -0.3 is 15.5 Å². The van der Waals surface area contributed by atoms with Crippen LogP contribution in [-0.2, 0) is 0 Å². The van der Waals surface area contributed by atoms with E-state index in [2.05, 4.69) is 21.2 Å². The number of carboxylic acids is 1. The minimum absolute atomic E-state index is 0.0333. The fourth-order valence-electron chi connectivity index (χ4n) is 2.45. The molecule has 0 unspecified atom stereocenters. The molecule has 1 aromatic rings. The molecule has 0 heterocycles. The van der Waals surface area contributed by atoms with Crippen molar-refractivity contribution in [2.45, 2.75) is 31.8 Å². The van der Waals surface area contributed by atoms with Crippen LogP contribution in [0.1, 0.15) is 36.0 Å². The lowest BCUT2D eigenvalue weighted by Crippen LogP contribution is -2.23. The average molecular weight is 346 g/mol. The zero-order chi connectivity index (χ0) is 14.7. The Bertz CT molecular complexity index is 501. The maximum atomic E-state index is 14.0. The van der Waals surface area contributed by atoms with Gasteiger partial charge in [-0.3, -0.25) is 0 Å². The lowest BCUT2D eigenvalue weighted by molar-refractivity contribution is 0.0695. The minimum atomic E-state index is -1.16. The van der Waals surface area contributed by atoms with Gasteiger partial charge in [0.2, 0.25) is 0 Å². The Kier molecular flexibility index (Phi) is 4.99. The second-order valence-corrected chi connectivity index (χ2v) is 5.94. The molecule has 110 valence electrons. The fourth-order valence-corrected chi connectivity index (χ4v) is 2.97. The molecule has 1 saturated carbocycles. The van der Waals surface area contributed by atoms with Crippen molar-refractivity contribution in [1.82, 2.24) is 0 Å². The summed E-state index contributed by atoms with van der Waals surface area (Å²) in [7, 11) is 0. The Hall–Kier alpha value is -1.14. The Balaban J connectivity index is 2.00. The second kappa shape index (κ2) is 6.54. The topological polar surface area (TPSA) is 69.6 Å². The van der Waals surface area contributed by atoms with E-state index in [1.165, 1.54) is 12.1 Å². The number of aromatic carboxylic acids is 1. The third kappa shape index (κ3) is 3.49. The van der Waals surface area contributed by atoms with Gasteiger partial charge in [0.15, 0.2) is 5.82 Å². The molecule has 1 fully saturated rings. The largest absolute Gasteiger partial charge is 0.478 e. The quantitative estimate of drug-likeness (QED) is 0.783. The zero-order valence-corrected chi connectivity index (χ0v) is 12.5. The first-order valence-electron chi connectivity index (χ1n) is 6.62. The standard InChI is InChI=1S/C14H17BrFNO3/c15-12-10(14(19)20)5-6-11(13(12)16)17-7-8-1-3-9(18)4-2-8/h5-6,8-9,17-18H,1-4,7H2,(H,19,20). The second-order valence-electron chi connectivity index (χ2n) is 5.15. The number of carboxylic acid groups (broad SMARTS) is 1. The normalized spacial score (nSPS) is 22.6. The lowest BCUT2D eigenvalue weighted by Gasteiger charge is -2.26. The van der Waals surface area contributed by atoms with Crippen LogP contribution in [0.25, 0.3) is 0 Å². The Morgan fingerprint density at radius 3 is 2.60 bits per heavy atom. The summed E-state index contributed by atoms with van der Waals surface area (Å²) in [6.45, 7) is 0.627. The molecule has 0 atom stereocenters. The highest BCUT2D eigenvalue weighted by Gasteiger charge is 2.20. The molecule has 4 nitrogen and oxygen atoms in total. The number of hydrogen-bond acceptors (Lipinski definition) is 3. The zero-order valence-electron chi connectivity index (χ0n) is 10.9. The Morgan fingerprint density at radius 1 is 1.35 bits per heavy atom. The van der Waals surface area contributed by atoms with Gasteiger partial charge in [-0.1, -0.05) is 0 Å². The Labute approximate surface area is 125 Å². The predicted octanol–water partition coefficient (Wildman–Crippen LogP) is 3.25. The van der Waals surface area contributed by atoms with Crippen molar-refractivity contribution in [3.63, 3.8) is 0 Å². The van der Waals surface area contributed by atoms with Gasteiger partial charge in [-0.2, -0.15) is 0 Å². The predicted molar refractivity (Wildman–Crippen MR) is 77.5 cm³/mol. The van der Waals surface area contributed by atoms with E-state index >= 15 is 0 Å². The third-order valence-corrected chi connectivity index (χ3v) is 4.49. The molecule has 6 heteroatoms. The van der Waals surface area contributed by atoms with Gasteiger partial charge in [-0.15, -0.1) is 0 Å². The number of benzene rings is 1. The van der Waals surface area contributed by atoms with Crippen LogP contribution in [0, 0.1) is 11.7 Å². The summed E-state index contributed by atoms with van der Waals surface area (Å²) < 4.78 is 14.0. The molecule has 0 spiro atoms. The number of halogens is 2. The van der Waals surface area contributed by atoms with E-state index in [9.17, 15) is 14.3 Å². The van der Waals surface area contributed by atoms with Crippen LogP contribution in [0.4, 0.5) is 10.1 Å². The van der Waals surface area contributed by atoms with E-state index in [1.54, 1.807) is 0 Å². The molecule has 1 aromatic carbocycles. The molecule has 0 saturated heterocycles. The monoisotopic (exact) mass is 345 g/mol. The van der Waals surface area contributed by atoms with Crippen LogP contribution in [-0.4, -0.2) is 28.8 Å². The summed E-state index contributed by atoms with van der Waals surface area (Å²) in [5.74, 6) is -1.33. The van der Waals surface area contributed by atoms with E-state index in [4.69, 9.17) is 5.11 Å². The molecule has 0 amide bonds. The number of anilines is 1. The highest BCUT2D eigenvalue weighted by Crippen LogP contribution is 2.29. The van der Waals surface area contributed by atoms with E-state index in [-0.39, 0.29) is 16.1 Å². The molecule has 20 heavy (non-hydrogen) atoms. The van der Waals surface area contributed by atoms with Crippen molar-refractivity contribution in [1.29, 1.82) is 0 Å². The number of hydrogen-bond donors (Lipinski definition) is 3. The van der Waals surface area contributed by atoms with Crippen molar-refractivity contribution in [2.75, 3.05) is 11.9 Å². The van der Waals surface area contributed by atoms with Crippen LogP contribution in [0.15, 0.2) is 16.6 Å². The number of nitrogens with one attached hydrogen (secondary N) is 1. The molecule has 0 aliphatic heterocycles. The van der Waals surface area contributed by atoms with E-state index < -0.39 is 11.8 Å². The molecule has 2 rings (SSSR count). The lowest BCUT2D eigenvalue weighted by atomic mass is 9.87. The maximum Gasteiger partial charge on any atom is 0.336 e.